The zero-order chi connectivity index (χ0) is 20.0. The minimum absolute atomic E-state index is 0.0947. The van der Waals surface area contributed by atoms with Crippen molar-refractivity contribution in [1.82, 2.24) is 9.78 Å². The number of carbonyl (C=O) groups excluding carboxylic acids is 1. The van der Waals surface area contributed by atoms with Crippen LogP contribution in [0.15, 0.2) is 29.4 Å². The second-order valence-electron chi connectivity index (χ2n) is 5.94. The number of para-hydroxylation sites is 2. The molecule has 0 fully saturated rings. The SMILES string of the molecule is CCCc1c(C)nn(C(=O)C/C(C#N)=N\Nc2ccccc2[N+](=O)[O-])c1C. The van der Waals surface area contributed by atoms with Crippen LogP contribution in [-0.4, -0.2) is 26.3 Å². The van der Waals surface area contributed by atoms with Crippen LogP contribution in [0.2, 0.25) is 0 Å². The average molecular weight is 368 g/mol. The molecule has 0 bridgehead atoms. The van der Waals surface area contributed by atoms with Crippen LogP contribution >= 0.6 is 0 Å². The Morgan fingerprint density at radius 3 is 2.74 bits per heavy atom. The maximum atomic E-state index is 12.5. The van der Waals surface area contributed by atoms with E-state index in [9.17, 15) is 20.2 Å². The van der Waals surface area contributed by atoms with Crippen LogP contribution in [0, 0.1) is 35.3 Å². The van der Waals surface area contributed by atoms with Gasteiger partial charge in [0.15, 0.2) is 0 Å². The lowest BCUT2D eigenvalue weighted by Crippen LogP contribution is -2.18. The number of nitrogens with one attached hydrogen (secondary N) is 1. The summed E-state index contributed by atoms with van der Waals surface area (Å²) in [6, 6.07) is 7.76. The second-order valence-corrected chi connectivity index (χ2v) is 5.94. The highest BCUT2D eigenvalue weighted by molar-refractivity contribution is 6.10. The molecule has 0 unspecified atom stereocenters. The molecular weight excluding hydrogens is 348 g/mol. The van der Waals surface area contributed by atoms with Crippen molar-refractivity contribution in [2.24, 2.45) is 5.10 Å². The third kappa shape index (κ3) is 4.55. The van der Waals surface area contributed by atoms with Gasteiger partial charge in [0.2, 0.25) is 0 Å². The Morgan fingerprint density at radius 1 is 1.41 bits per heavy atom. The summed E-state index contributed by atoms with van der Waals surface area (Å²) in [6.45, 7) is 5.71. The molecule has 1 aromatic carbocycles. The van der Waals surface area contributed by atoms with Gasteiger partial charge in [-0.3, -0.25) is 20.3 Å². The first-order valence-corrected chi connectivity index (χ1v) is 8.43. The summed E-state index contributed by atoms with van der Waals surface area (Å²) in [4.78, 5) is 23.0. The van der Waals surface area contributed by atoms with E-state index in [2.05, 4.69) is 15.6 Å². The number of nitriles is 1. The molecule has 0 radical (unpaired) electrons. The molecule has 1 N–H and O–H groups in total. The van der Waals surface area contributed by atoms with Crippen molar-refractivity contribution in [3.63, 3.8) is 0 Å². The van der Waals surface area contributed by atoms with E-state index in [4.69, 9.17) is 0 Å². The lowest BCUT2D eigenvalue weighted by molar-refractivity contribution is -0.384. The number of aromatic nitrogens is 2. The van der Waals surface area contributed by atoms with Crippen LogP contribution in [0.25, 0.3) is 0 Å². The molecule has 0 saturated carbocycles. The van der Waals surface area contributed by atoms with Crippen LogP contribution < -0.4 is 5.43 Å². The normalized spacial score (nSPS) is 11.1. The van der Waals surface area contributed by atoms with Gasteiger partial charge in [-0.1, -0.05) is 25.5 Å². The predicted molar refractivity (Wildman–Crippen MR) is 101 cm³/mol. The summed E-state index contributed by atoms with van der Waals surface area (Å²) in [5, 5.41) is 28.4. The second kappa shape index (κ2) is 8.71. The van der Waals surface area contributed by atoms with E-state index in [1.54, 1.807) is 6.07 Å². The van der Waals surface area contributed by atoms with Crippen LogP contribution in [0.4, 0.5) is 11.4 Å². The molecule has 2 rings (SSSR count). The van der Waals surface area contributed by atoms with Crippen molar-refractivity contribution in [1.29, 1.82) is 5.26 Å². The molecule has 0 amide bonds. The van der Waals surface area contributed by atoms with Crippen molar-refractivity contribution in [2.75, 3.05) is 5.43 Å². The van der Waals surface area contributed by atoms with Gasteiger partial charge < -0.3 is 0 Å². The van der Waals surface area contributed by atoms with Crippen molar-refractivity contribution in [2.45, 2.75) is 40.0 Å². The number of nitro benzene ring substituents is 1. The first-order valence-electron chi connectivity index (χ1n) is 8.43. The first kappa shape index (κ1) is 19.8. The van der Waals surface area contributed by atoms with Gasteiger partial charge in [-0.2, -0.15) is 15.5 Å². The number of hydrogen-bond donors (Lipinski definition) is 1. The van der Waals surface area contributed by atoms with E-state index in [0.717, 1.165) is 29.8 Å². The minimum Gasteiger partial charge on any atom is -0.272 e. The Kier molecular flexibility index (Phi) is 6.38. The zero-order valence-corrected chi connectivity index (χ0v) is 15.4. The number of hydrogen-bond acceptors (Lipinski definition) is 7. The standard InChI is InChI=1S/C18H20N6O3/c1-4-7-15-12(2)22-23(13(15)3)18(25)10-14(11-19)20-21-16-8-5-6-9-17(16)24(26)27/h5-6,8-9,21H,4,7,10H2,1-3H3/b20-14+. The Bertz CT molecular complexity index is 939. The Labute approximate surface area is 156 Å². The van der Waals surface area contributed by atoms with Gasteiger partial charge in [0.25, 0.3) is 11.6 Å². The fraction of sp³-hybridized carbons (Fsp3) is 0.333. The molecule has 0 atom stereocenters. The topological polar surface area (TPSA) is 126 Å². The summed E-state index contributed by atoms with van der Waals surface area (Å²) in [5.41, 5.74) is 4.93. The average Bonchev–Trinajstić information content (AvgIpc) is 2.93. The molecule has 1 heterocycles. The molecule has 0 spiro atoms. The number of anilines is 1. The minimum atomic E-state index is -0.555. The maximum Gasteiger partial charge on any atom is 0.294 e. The molecule has 9 heteroatoms. The summed E-state index contributed by atoms with van der Waals surface area (Å²) in [7, 11) is 0. The Morgan fingerprint density at radius 2 is 2.11 bits per heavy atom. The van der Waals surface area contributed by atoms with Crippen LogP contribution in [0.3, 0.4) is 0 Å². The van der Waals surface area contributed by atoms with E-state index in [1.165, 1.54) is 22.9 Å². The smallest absolute Gasteiger partial charge is 0.272 e. The van der Waals surface area contributed by atoms with Gasteiger partial charge in [0, 0.05) is 11.8 Å². The number of rotatable bonds is 7. The Balaban J connectivity index is 2.19. The fourth-order valence-electron chi connectivity index (χ4n) is 2.71. The number of carbonyl (C=O) groups is 1. The molecule has 140 valence electrons. The number of nitrogens with zero attached hydrogens (tertiary/aromatic N) is 5. The predicted octanol–water partition coefficient (Wildman–Crippen LogP) is 3.38. The molecule has 0 aliphatic heterocycles. The molecule has 0 aliphatic rings. The first-order chi connectivity index (χ1) is 12.9. The van der Waals surface area contributed by atoms with Crippen molar-refractivity contribution in [3.8, 4) is 6.07 Å². The number of aryl methyl sites for hydroxylation is 1. The van der Waals surface area contributed by atoms with Gasteiger partial charge in [-0.25, -0.2) is 4.68 Å². The maximum absolute atomic E-state index is 12.5. The Hall–Kier alpha value is -3.54. The van der Waals surface area contributed by atoms with Crippen LogP contribution in [0.1, 0.15) is 41.5 Å². The highest BCUT2D eigenvalue weighted by Crippen LogP contribution is 2.23. The highest BCUT2D eigenvalue weighted by Gasteiger charge is 2.18. The van der Waals surface area contributed by atoms with E-state index in [1.807, 2.05) is 26.8 Å². The highest BCUT2D eigenvalue weighted by atomic mass is 16.6. The van der Waals surface area contributed by atoms with Crippen molar-refractivity contribution < 1.29 is 9.72 Å². The van der Waals surface area contributed by atoms with Gasteiger partial charge in [0.05, 0.1) is 17.0 Å². The number of benzene rings is 1. The van der Waals surface area contributed by atoms with Crippen LogP contribution in [0.5, 0.6) is 0 Å². The lowest BCUT2D eigenvalue weighted by Gasteiger charge is -2.04. The zero-order valence-electron chi connectivity index (χ0n) is 15.4. The van der Waals surface area contributed by atoms with E-state index in [-0.39, 0.29) is 29.4 Å². The summed E-state index contributed by atoms with van der Waals surface area (Å²) >= 11 is 0. The molecule has 1 aromatic heterocycles. The fourth-order valence-corrected chi connectivity index (χ4v) is 2.71. The largest absolute Gasteiger partial charge is 0.294 e. The number of nitro groups is 1. The summed E-state index contributed by atoms with van der Waals surface area (Å²) in [6.07, 6.45) is 1.49. The van der Waals surface area contributed by atoms with Gasteiger partial charge >= 0.3 is 0 Å². The van der Waals surface area contributed by atoms with E-state index < -0.39 is 4.92 Å². The van der Waals surface area contributed by atoms with Gasteiger partial charge in [0.1, 0.15) is 17.5 Å². The monoisotopic (exact) mass is 368 g/mol. The molecular formula is C18H20N6O3. The summed E-state index contributed by atoms with van der Waals surface area (Å²) in [5.74, 6) is -0.386. The quantitative estimate of drug-likeness (QED) is 0.453. The van der Waals surface area contributed by atoms with Crippen molar-refractivity contribution in [3.05, 3.63) is 51.3 Å². The molecule has 9 nitrogen and oxygen atoms in total. The van der Waals surface area contributed by atoms with Crippen LogP contribution in [-0.2, 0) is 6.42 Å². The van der Waals surface area contributed by atoms with Crippen molar-refractivity contribution >= 4 is 23.0 Å². The number of hydrazone groups is 1. The van der Waals surface area contributed by atoms with E-state index in [0.29, 0.717) is 0 Å². The summed E-state index contributed by atoms with van der Waals surface area (Å²) < 4.78 is 1.29. The third-order valence-corrected chi connectivity index (χ3v) is 4.04. The molecule has 0 aliphatic carbocycles. The third-order valence-electron chi connectivity index (χ3n) is 4.04. The van der Waals surface area contributed by atoms with E-state index >= 15 is 0 Å². The molecule has 0 saturated heterocycles. The van der Waals surface area contributed by atoms with Gasteiger partial charge in [-0.15, -0.1) is 0 Å². The van der Waals surface area contributed by atoms with Gasteiger partial charge in [-0.05, 0) is 31.9 Å². The molecule has 27 heavy (non-hydrogen) atoms. The molecule has 2 aromatic rings. The lowest BCUT2D eigenvalue weighted by atomic mass is 10.1.